The van der Waals surface area contributed by atoms with E-state index in [0.29, 0.717) is 25.0 Å². The van der Waals surface area contributed by atoms with E-state index in [1.807, 2.05) is 36.4 Å². The van der Waals surface area contributed by atoms with Gasteiger partial charge in [0.2, 0.25) is 5.91 Å². The van der Waals surface area contributed by atoms with Crippen molar-refractivity contribution in [1.82, 2.24) is 14.8 Å². The summed E-state index contributed by atoms with van der Waals surface area (Å²) in [4.78, 5) is 31.4. The van der Waals surface area contributed by atoms with Crippen molar-refractivity contribution in [2.24, 2.45) is 0 Å². The molecule has 0 unspecified atom stereocenters. The van der Waals surface area contributed by atoms with E-state index >= 15 is 0 Å². The van der Waals surface area contributed by atoms with Crippen LogP contribution in [0.2, 0.25) is 0 Å². The van der Waals surface area contributed by atoms with Crippen LogP contribution in [0.15, 0.2) is 72.9 Å². The van der Waals surface area contributed by atoms with Crippen LogP contribution in [0.5, 0.6) is 5.75 Å². The summed E-state index contributed by atoms with van der Waals surface area (Å²) in [6.45, 7) is 2.92. The maximum absolute atomic E-state index is 12.6. The Labute approximate surface area is 202 Å². The van der Waals surface area contributed by atoms with Gasteiger partial charge in [0.15, 0.2) is 0 Å². The van der Waals surface area contributed by atoms with Crippen molar-refractivity contribution in [1.29, 1.82) is 0 Å². The Morgan fingerprint density at radius 1 is 1.03 bits per heavy atom. The van der Waals surface area contributed by atoms with E-state index in [4.69, 9.17) is 4.74 Å². The molecule has 4 rings (SSSR count). The summed E-state index contributed by atoms with van der Waals surface area (Å²) in [5.74, 6) is -0.121. The van der Waals surface area contributed by atoms with Gasteiger partial charge in [-0.15, -0.1) is 0 Å². The maximum atomic E-state index is 12.6. The lowest BCUT2D eigenvalue weighted by atomic mass is 10.1. The van der Waals surface area contributed by atoms with Crippen LogP contribution in [0.4, 0.5) is 13.2 Å². The largest absolute Gasteiger partial charge is 0.497 e. The van der Waals surface area contributed by atoms with Gasteiger partial charge in [0.1, 0.15) is 18.0 Å². The van der Waals surface area contributed by atoms with Crippen LogP contribution < -0.4 is 4.74 Å². The number of carbonyl (C=O) groups excluding carboxylic acids is 2. The Hall–Kier alpha value is -3.88. The summed E-state index contributed by atoms with van der Waals surface area (Å²) < 4.78 is 43.0. The molecule has 2 heterocycles. The van der Waals surface area contributed by atoms with E-state index in [-0.39, 0.29) is 24.7 Å². The normalized spacial score (nSPS) is 13.7. The second-order valence-corrected chi connectivity index (χ2v) is 7.98. The van der Waals surface area contributed by atoms with Crippen molar-refractivity contribution in [2.45, 2.75) is 19.6 Å². The van der Waals surface area contributed by atoms with Crippen LogP contribution in [0, 0.1) is 6.92 Å². The number of pyridine rings is 1. The van der Waals surface area contributed by atoms with E-state index in [2.05, 4.69) is 24.0 Å². The highest BCUT2D eigenvalue weighted by molar-refractivity contribution is 5.95. The molecule has 1 aromatic heterocycles. The lowest BCUT2D eigenvalue weighted by molar-refractivity contribution is -0.138. The van der Waals surface area contributed by atoms with Gasteiger partial charge in [-0.2, -0.15) is 13.2 Å². The number of aromatic nitrogens is 1. The number of alkyl halides is 3. The second-order valence-electron chi connectivity index (χ2n) is 7.98. The molecule has 1 fully saturated rings. The van der Waals surface area contributed by atoms with Crippen LogP contribution in [0.3, 0.4) is 0 Å². The van der Waals surface area contributed by atoms with Gasteiger partial charge in [0, 0.05) is 25.8 Å². The first-order valence-corrected chi connectivity index (χ1v) is 10.9. The number of rotatable bonds is 4. The fourth-order valence-electron chi connectivity index (χ4n) is 3.42. The molecule has 1 saturated heterocycles. The Kier molecular flexibility index (Phi) is 8.46. The molecule has 0 bridgehead atoms. The lowest BCUT2D eigenvalue weighted by Gasteiger charge is -2.34. The van der Waals surface area contributed by atoms with Crippen LogP contribution in [0.25, 0.3) is 0 Å². The summed E-state index contributed by atoms with van der Waals surface area (Å²) >= 11 is 0. The fourth-order valence-corrected chi connectivity index (χ4v) is 3.42. The monoisotopic (exact) mass is 485 g/mol. The molecule has 0 radical (unpaired) electrons. The molecule has 0 atom stereocenters. The summed E-state index contributed by atoms with van der Waals surface area (Å²) in [6, 6.07) is 19.4. The van der Waals surface area contributed by atoms with Crippen LogP contribution in [-0.4, -0.2) is 53.3 Å². The van der Waals surface area contributed by atoms with E-state index in [0.717, 1.165) is 17.7 Å². The minimum atomic E-state index is -4.52. The Balaban J connectivity index is 0.000000420. The number of aryl methyl sites for hydroxylation is 1. The standard InChI is InChI=1S/C19H18F3N3O3.C7H8/c1-28-15-4-2-3-13(9-15)11-24-7-8-25(12-17(24)26)18(27)16-6-5-14(10-23-16)19(20,21)22;1-7-5-3-2-4-6-7/h2-6,9-10H,7-8,11-12H2,1H3;2-6H,1H3. The van der Waals surface area contributed by atoms with Crippen LogP contribution in [-0.2, 0) is 17.5 Å². The van der Waals surface area contributed by atoms with E-state index < -0.39 is 17.6 Å². The highest BCUT2D eigenvalue weighted by Gasteiger charge is 2.32. The Bertz CT molecular complexity index is 1140. The first-order chi connectivity index (χ1) is 16.7. The molecule has 9 heteroatoms. The van der Waals surface area contributed by atoms with Crippen LogP contribution >= 0.6 is 0 Å². The molecule has 0 aliphatic carbocycles. The number of amides is 2. The van der Waals surface area contributed by atoms with E-state index in [9.17, 15) is 22.8 Å². The molecule has 0 N–H and O–H groups in total. The molecular formula is C26H26F3N3O3. The maximum Gasteiger partial charge on any atom is 0.417 e. The molecular weight excluding hydrogens is 459 g/mol. The third kappa shape index (κ3) is 7.30. The number of hydrogen-bond acceptors (Lipinski definition) is 4. The van der Waals surface area contributed by atoms with Gasteiger partial charge in [0.25, 0.3) is 5.91 Å². The van der Waals surface area contributed by atoms with Gasteiger partial charge >= 0.3 is 6.18 Å². The Morgan fingerprint density at radius 2 is 1.77 bits per heavy atom. The SMILES string of the molecule is COc1cccc(CN2CCN(C(=O)c3ccc(C(F)(F)F)cn3)CC2=O)c1.Cc1ccccc1. The van der Waals surface area contributed by atoms with Gasteiger partial charge in [-0.3, -0.25) is 14.6 Å². The van der Waals surface area contributed by atoms with Crippen molar-refractivity contribution in [2.75, 3.05) is 26.7 Å². The zero-order valence-corrected chi connectivity index (χ0v) is 19.5. The van der Waals surface area contributed by atoms with Crippen molar-refractivity contribution in [3.8, 4) is 5.75 Å². The van der Waals surface area contributed by atoms with Gasteiger partial charge < -0.3 is 14.5 Å². The topological polar surface area (TPSA) is 62.7 Å². The van der Waals surface area contributed by atoms with E-state index in [1.165, 1.54) is 10.5 Å². The molecule has 1 aliphatic rings. The van der Waals surface area contributed by atoms with Crippen molar-refractivity contribution in [3.05, 3.63) is 95.3 Å². The van der Waals surface area contributed by atoms with Crippen LogP contribution in [0.1, 0.15) is 27.2 Å². The van der Waals surface area contributed by atoms with Gasteiger partial charge in [-0.1, -0.05) is 48.0 Å². The third-order valence-corrected chi connectivity index (χ3v) is 5.36. The number of benzene rings is 2. The molecule has 2 amide bonds. The third-order valence-electron chi connectivity index (χ3n) is 5.36. The van der Waals surface area contributed by atoms with Crippen molar-refractivity contribution >= 4 is 11.8 Å². The number of hydrogen-bond donors (Lipinski definition) is 0. The summed E-state index contributed by atoms with van der Waals surface area (Å²) in [5.41, 5.74) is 1.17. The van der Waals surface area contributed by atoms with Crippen molar-refractivity contribution in [3.63, 3.8) is 0 Å². The Morgan fingerprint density at radius 3 is 2.31 bits per heavy atom. The minimum Gasteiger partial charge on any atom is -0.497 e. The molecule has 184 valence electrons. The predicted molar refractivity (Wildman–Crippen MR) is 125 cm³/mol. The number of halogens is 3. The molecule has 35 heavy (non-hydrogen) atoms. The average Bonchev–Trinajstić information content (AvgIpc) is 2.85. The number of piperazine rings is 1. The molecule has 3 aromatic rings. The zero-order valence-electron chi connectivity index (χ0n) is 19.5. The summed E-state index contributed by atoms with van der Waals surface area (Å²) in [7, 11) is 1.56. The lowest BCUT2D eigenvalue weighted by Crippen LogP contribution is -2.51. The van der Waals surface area contributed by atoms with Gasteiger partial charge in [-0.25, -0.2) is 0 Å². The highest BCUT2D eigenvalue weighted by Crippen LogP contribution is 2.28. The van der Waals surface area contributed by atoms with Gasteiger partial charge in [-0.05, 0) is 36.8 Å². The zero-order chi connectivity index (χ0) is 25.4. The second kappa shape index (κ2) is 11.5. The van der Waals surface area contributed by atoms with Crippen molar-refractivity contribution < 1.29 is 27.5 Å². The molecule has 2 aromatic carbocycles. The molecule has 6 nitrogen and oxygen atoms in total. The fraction of sp³-hybridized carbons (Fsp3) is 0.269. The summed E-state index contributed by atoms with van der Waals surface area (Å²) in [5, 5.41) is 0. The average molecular weight is 486 g/mol. The van der Waals surface area contributed by atoms with E-state index in [1.54, 1.807) is 18.1 Å². The number of methoxy groups -OCH3 is 1. The first kappa shape index (κ1) is 25.7. The molecule has 0 saturated carbocycles. The van der Waals surface area contributed by atoms with Gasteiger partial charge in [0.05, 0.1) is 12.7 Å². The molecule has 1 aliphatic heterocycles. The first-order valence-electron chi connectivity index (χ1n) is 10.9. The summed E-state index contributed by atoms with van der Waals surface area (Å²) in [6.07, 6.45) is -3.90. The smallest absolute Gasteiger partial charge is 0.417 e. The number of nitrogens with zero attached hydrogens (tertiary/aromatic N) is 3. The highest BCUT2D eigenvalue weighted by atomic mass is 19.4. The molecule has 0 spiro atoms. The quantitative estimate of drug-likeness (QED) is 0.543. The predicted octanol–water partition coefficient (Wildman–Crippen LogP) is 4.59. The minimum absolute atomic E-state index is 0.123. The number of ether oxygens (including phenoxy) is 1. The number of carbonyl (C=O) groups is 2.